The van der Waals surface area contributed by atoms with Gasteiger partial charge in [0, 0.05) is 12.6 Å². The number of carbonyl (C=O) groups excluding carboxylic acids is 1. The van der Waals surface area contributed by atoms with Crippen LogP contribution in [0.1, 0.15) is 40.0 Å². The highest BCUT2D eigenvalue weighted by atomic mass is 16.2. The molecule has 0 saturated carbocycles. The van der Waals surface area contributed by atoms with Gasteiger partial charge >= 0.3 is 0 Å². The highest BCUT2D eigenvalue weighted by molar-refractivity contribution is 5.81. The first-order chi connectivity index (χ1) is 7.02. The van der Waals surface area contributed by atoms with Gasteiger partial charge in [-0.05, 0) is 25.7 Å². The zero-order valence-electron chi connectivity index (χ0n) is 9.99. The Balaban J connectivity index is 3.90. The van der Waals surface area contributed by atoms with E-state index in [0.717, 1.165) is 12.8 Å². The van der Waals surface area contributed by atoms with Crippen LogP contribution in [0.2, 0.25) is 0 Å². The molecule has 4 nitrogen and oxygen atoms in total. The predicted octanol–water partition coefficient (Wildman–Crippen LogP) is 0.637. The van der Waals surface area contributed by atoms with Crippen molar-refractivity contribution in [3.8, 4) is 0 Å². The van der Waals surface area contributed by atoms with Crippen molar-refractivity contribution in [2.24, 2.45) is 11.7 Å². The van der Waals surface area contributed by atoms with Crippen LogP contribution >= 0.6 is 0 Å². The predicted molar refractivity (Wildman–Crippen MR) is 61.4 cm³/mol. The molecule has 90 valence electrons. The lowest BCUT2D eigenvalue weighted by Crippen LogP contribution is -2.47. The Labute approximate surface area is 92.2 Å². The van der Waals surface area contributed by atoms with Crippen LogP contribution in [-0.2, 0) is 4.79 Å². The van der Waals surface area contributed by atoms with Gasteiger partial charge < -0.3 is 16.2 Å². The third-order valence-corrected chi connectivity index (χ3v) is 2.74. The lowest BCUT2D eigenvalue weighted by Gasteiger charge is -2.20. The van der Waals surface area contributed by atoms with E-state index in [1.807, 2.05) is 20.8 Å². The van der Waals surface area contributed by atoms with Gasteiger partial charge in [0.25, 0.3) is 0 Å². The molecule has 0 aromatic rings. The summed E-state index contributed by atoms with van der Waals surface area (Å²) >= 11 is 0. The molecule has 0 rings (SSSR count). The molecule has 0 aromatic heterocycles. The van der Waals surface area contributed by atoms with E-state index < -0.39 is 6.04 Å². The second-order valence-corrected chi connectivity index (χ2v) is 4.19. The molecule has 3 atom stereocenters. The summed E-state index contributed by atoms with van der Waals surface area (Å²) in [4.78, 5) is 11.6. The number of hydrogen-bond acceptors (Lipinski definition) is 3. The van der Waals surface area contributed by atoms with E-state index in [-0.39, 0.29) is 24.5 Å². The molecular weight excluding hydrogens is 192 g/mol. The van der Waals surface area contributed by atoms with Crippen molar-refractivity contribution in [2.75, 3.05) is 6.61 Å². The van der Waals surface area contributed by atoms with Gasteiger partial charge in [0.1, 0.15) is 0 Å². The van der Waals surface area contributed by atoms with Gasteiger partial charge in [0.15, 0.2) is 0 Å². The molecule has 0 fully saturated rings. The maximum absolute atomic E-state index is 11.6. The van der Waals surface area contributed by atoms with Crippen LogP contribution in [0.25, 0.3) is 0 Å². The second kappa shape index (κ2) is 7.65. The van der Waals surface area contributed by atoms with Crippen LogP contribution < -0.4 is 11.1 Å². The van der Waals surface area contributed by atoms with E-state index in [1.165, 1.54) is 0 Å². The molecule has 0 spiro atoms. The van der Waals surface area contributed by atoms with E-state index in [0.29, 0.717) is 6.42 Å². The number of carbonyl (C=O) groups is 1. The summed E-state index contributed by atoms with van der Waals surface area (Å²) in [5.41, 5.74) is 5.79. The van der Waals surface area contributed by atoms with Crippen molar-refractivity contribution in [3.05, 3.63) is 0 Å². The largest absolute Gasteiger partial charge is 0.396 e. The second-order valence-electron chi connectivity index (χ2n) is 4.19. The molecule has 4 N–H and O–H groups in total. The zero-order chi connectivity index (χ0) is 11.8. The minimum absolute atomic E-state index is 0.0831. The van der Waals surface area contributed by atoms with Crippen molar-refractivity contribution in [1.82, 2.24) is 5.32 Å². The van der Waals surface area contributed by atoms with Crippen LogP contribution in [0.15, 0.2) is 0 Å². The Morgan fingerprint density at radius 1 is 1.47 bits per heavy atom. The monoisotopic (exact) mass is 216 g/mol. The van der Waals surface area contributed by atoms with E-state index in [2.05, 4.69) is 5.32 Å². The molecule has 15 heavy (non-hydrogen) atoms. The summed E-state index contributed by atoms with van der Waals surface area (Å²) in [5.74, 6) is 0.116. The zero-order valence-corrected chi connectivity index (χ0v) is 9.99. The maximum Gasteiger partial charge on any atom is 0.237 e. The lowest BCUT2D eigenvalue weighted by atomic mass is 9.99. The van der Waals surface area contributed by atoms with Gasteiger partial charge in [0.05, 0.1) is 6.04 Å². The van der Waals surface area contributed by atoms with E-state index >= 15 is 0 Å². The van der Waals surface area contributed by atoms with Gasteiger partial charge in [-0.2, -0.15) is 0 Å². The quantitative estimate of drug-likeness (QED) is 0.584. The molecule has 0 aliphatic rings. The maximum atomic E-state index is 11.6. The molecule has 0 bridgehead atoms. The first-order valence-corrected chi connectivity index (χ1v) is 5.69. The lowest BCUT2D eigenvalue weighted by molar-refractivity contribution is -0.124. The van der Waals surface area contributed by atoms with E-state index in [4.69, 9.17) is 10.8 Å². The van der Waals surface area contributed by atoms with Gasteiger partial charge in [-0.15, -0.1) is 0 Å². The third kappa shape index (κ3) is 5.74. The van der Waals surface area contributed by atoms with Crippen molar-refractivity contribution >= 4 is 5.91 Å². The fourth-order valence-electron chi connectivity index (χ4n) is 1.32. The first kappa shape index (κ1) is 14.4. The molecule has 0 aliphatic heterocycles. The average molecular weight is 216 g/mol. The fraction of sp³-hybridized carbons (Fsp3) is 0.909. The number of nitrogens with one attached hydrogen (secondary N) is 1. The molecule has 0 heterocycles. The topological polar surface area (TPSA) is 75.4 Å². The van der Waals surface area contributed by atoms with Gasteiger partial charge in [0.2, 0.25) is 5.91 Å². The van der Waals surface area contributed by atoms with Crippen molar-refractivity contribution in [1.29, 1.82) is 0 Å². The summed E-state index contributed by atoms with van der Waals surface area (Å²) in [6.45, 7) is 6.09. The molecule has 0 saturated heterocycles. The SMILES string of the molecule is CCC(C)[C@H](N)C(=O)NC(C)CCCO. The minimum Gasteiger partial charge on any atom is -0.396 e. The van der Waals surface area contributed by atoms with Gasteiger partial charge in [-0.1, -0.05) is 20.3 Å². The Morgan fingerprint density at radius 2 is 2.07 bits per heavy atom. The van der Waals surface area contributed by atoms with E-state index in [9.17, 15) is 4.79 Å². The summed E-state index contributed by atoms with van der Waals surface area (Å²) in [6.07, 6.45) is 2.40. The Bertz CT molecular complexity index is 185. The van der Waals surface area contributed by atoms with Crippen molar-refractivity contribution in [2.45, 2.75) is 52.1 Å². The number of aliphatic hydroxyl groups is 1. The van der Waals surface area contributed by atoms with Crippen LogP contribution in [0, 0.1) is 5.92 Å². The number of hydrogen-bond donors (Lipinski definition) is 3. The van der Waals surface area contributed by atoms with Crippen molar-refractivity contribution in [3.63, 3.8) is 0 Å². The molecule has 1 amide bonds. The van der Waals surface area contributed by atoms with Crippen LogP contribution in [0.5, 0.6) is 0 Å². The summed E-state index contributed by atoms with van der Waals surface area (Å²) in [6, 6.07) is -0.341. The Hall–Kier alpha value is -0.610. The Kier molecular flexibility index (Phi) is 7.34. The molecule has 0 aliphatic carbocycles. The molecule has 2 unspecified atom stereocenters. The van der Waals surface area contributed by atoms with Crippen LogP contribution in [-0.4, -0.2) is 29.7 Å². The van der Waals surface area contributed by atoms with Gasteiger partial charge in [-0.25, -0.2) is 0 Å². The fourth-order valence-corrected chi connectivity index (χ4v) is 1.32. The van der Waals surface area contributed by atoms with Crippen LogP contribution in [0.3, 0.4) is 0 Å². The molecular formula is C11H24N2O2. The number of nitrogens with two attached hydrogens (primary N) is 1. The highest BCUT2D eigenvalue weighted by Gasteiger charge is 2.20. The summed E-state index contributed by atoms with van der Waals surface area (Å²) in [5, 5.41) is 11.5. The summed E-state index contributed by atoms with van der Waals surface area (Å²) in [7, 11) is 0. The average Bonchev–Trinajstić information content (AvgIpc) is 2.23. The van der Waals surface area contributed by atoms with Gasteiger partial charge in [-0.3, -0.25) is 4.79 Å². The summed E-state index contributed by atoms with van der Waals surface area (Å²) < 4.78 is 0. The smallest absolute Gasteiger partial charge is 0.237 e. The third-order valence-electron chi connectivity index (χ3n) is 2.74. The first-order valence-electron chi connectivity index (χ1n) is 5.69. The van der Waals surface area contributed by atoms with Crippen molar-refractivity contribution < 1.29 is 9.90 Å². The minimum atomic E-state index is -0.424. The van der Waals surface area contributed by atoms with Crippen LogP contribution in [0.4, 0.5) is 0 Å². The number of amides is 1. The molecule has 0 radical (unpaired) electrons. The molecule has 4 heteroatoms. The highest BCUT2D eigenvalue weighted by Crippen LogP contribution is 2.06. The standard InChI is InChI=1S/C11H24N2O2/c1-4-8(2)10(12)11(15)13-9(3)6-5-7-14/h8-10,14H,4-7,12H2,1-3H3,(H,13,15)/t8?,9?,10-/m0/s1. The van der Waals surface area contributed by atoms with E-state index in [1.54, 1.807) is 0 Å². The molecule has 0 aromatic carbocycles. The number of aliphatic hydroxyl groups excluding tert-OH is 1. The normalized spacial score (nSPS) is 16.9. The Morgan fingerprint density at radius 3 is 2.53 bits per heavy atom. The number of rotatable bonds is 7.